The lowest BCUT2D eigenvalue weighted by Gasteiger charge is -2.39. The van der Waals surface area contributed by atoms with Crippen LogP contribution in [0.2, 0.25) is 0 Å². The average Bonchev–Trinajstić information content (AvgIpc) is 3.25. The van der Waals surface area contributed by atoms with Crippen molar-refractivity contribution in [1.82, 2.24) is 0 Å². The third-order valence-electron chi connectivity index (χ3n) is 9.37. The summed E-state index contributed by atoms with van der Waals surface area (Å²) in [6.07, 6.45) is 52.3. The number of unbranched alkanes of at least 4 members (excludes halogenated alkanes) is 5. The van der Waals surface area contributed by atoms with Gasteiger partial charge < -0.3 is 39.4 Å². The van der Waals surface area contributed by atoms with E-state index in [2.05, 4.69) is 135 Å². The quantitative estimate of drug-likeness (QED) is 0.0276. The first kappa shape index (κ1) is 54.6. The number of rotatable bonds is 36. The van der Waals surface area contributed by atoms with Crippen LogP contribution in [0.1, 0.15) is 129 Å². The van der Waals surface area contributed by atoms with Crippen molar-refractivity contribution in [2.75, 3.05) is 26.4 Å². The molecule has 1 saturated heterocycles. The Hall–Kier alpha value is -3.41. The summed E-state index contributed by atoms with van der Waals surface area (Å²) in [5, 5.41) is 40.1. The molecule has 0 aromatic rings. The number of allylic oxidation sites excluding steroid dienone is 20. The van der Waals surface area contributed by atoms with Crippen LogP contribution in [0, 0.1) is 0 Å². The number of hydrogen-bond acceptors (Lipinski definition) is 9. The number of ether oxygens (including phenoxy) is 4. The summed E-state index contributed by atoms with van der Waals surface area (Å²) in [5.41, 5.74) is 0. The molecule has 1 rings (SSSR count). The molecular formula is C51H80O9. The Morgan fingerprint density at radius 2 is 0.967 bits per heavy atom. The molecule has 0 aromatic carbocycles. The topological polar surface area (TPSA) is 135 Å². The molecule has 0 aromatic heterocycles. The van der Waals surface area contributed by atoms with Gasteiger partial charge in [-0.15, -0.1) is 0 Å². The maximum atomic E-state index is 12.8. The van der Waals surface area contributed by atoms with Crippen LogP contribution in [-0.4, -0.2) is 89.6 Å². The summed E-state index contributed by atoms with van der Waals surface area (Å²) in [6, 6.07) is 0. The zero-order valence-electron chi connectivity index (χ0n) is 36.9. The van der Waals surface area contributed by atoms with E-state index in [0.29, 0.717) is 13.0 Å². The van der Waals surface area contributed by atoms with Gasteiger partial charge in [0.25, 0.3) is 0 Å². The summed E-state index contributed by atoms with van der Waals surface area (Å²) < 4.78 is 22.7. The highest BCUT2D eigenvalue weighted by molar-refractivity contribution is 5.69. The Bertz CT molecular complexity index is 1320. The smallest absolute Gasteiger partial charge is 0.306 e. The van der Waals surface area contributed by atoms with Gasteiger partial charge >= 0.3 is 5.97 Å². The van der Waals surface area contributed by atoms with Crippen molar-refractivity contribution in [3.8, 4) is 0 Å². The van der Waals surface area contributed by atoms with Gasteiger partial charge in [-0.3, -0.25) is 4.79 Å². The highest BCUT2D eigenvalue weighted by Gasteiger charge is 2.44. The molecule has 9 nitrogen and oxygen atoms in total. The molecular weight excluding hydrogens is 757 g/mol. The van der Waals surface area contributed by atoms with Gasteiger partial charge in [0.1, 0.15) is 30.5 Å². The zero-order valence-corrected chi connectivity index (χ0v) is 36.9. The van der Waals surface area contributed by atoms with Crippen LogP contribution >= 0.6 is 0 Å². The van der Waals surface area contributed by atoms with E-state index in [1.165, 1.54) is 0 Å². The zero-order chi connectivity index (χ0) is 43.6. The standard InChI is InChI=1S/C51H80O9/c1-3-5-7-9-11-13-15-17-19-20-21-22-23-24-25-26-27-28-30-32-34-36-38-40-47(53)59-45(44-58-51-50(56)49(55)48(54)46(42-52)60-51)43-57-41-39-37-35-33-31-29-18-16-14-12-10-8-6-4-2/h5-8,11-14,17-19,21-22,24-25,27-29,33,35,45-46,48-52,54-56H,3-4,9-10,15-16,20,23,26,30-32,34,36-44H2,1-2H3/b7-5-,8-6-,13-11-,14-12-,19-17-,22-21-,25-24-,28-27-,29-18-,35-33-. The fourth-order valence-electron chi connectivity index (χ4n) is 5.91. The molecule has 0 spiro atoms. The maximum absolute atomic E-state index is 12.8. The van der Waals surface area contributed by atoms with Gasteiger partial charge in [-0.05, 0) is 96.3 Å². The third-order valence-corrected chi connectivity index (χ3v) is 9.37. The number of aliphatic hydroxyl groups is 4. The largest absolute Gasteiger partial charge is 0.457 e. The van der Waals surface area contributed by atoms with Crippen molar-refractivity contribution in [1.29, 1.82) is 0 Å². The van der Waals surface area contributed by atoms with Crippen LogP contribution in [0.3, 0.4) is 0 Å². The van der Waals surface area contributed by atoms with Crippen molar-refractivity contribution >= 4 is 5.97 Å². The molecule has 60 heavy (non-hydrogen) atoms. The van der Waals surface area contributed by atoms with Crippen LogP contribution in [0.4, 0.5) is 0 Å². The van der Waals surface area contributed by atoms with Crippen LogP contribution in [0.15, 0.2) is 122 Å². The second-order valence-electron chi connectivity index (χ2n) is 14.7. The van der Waals surface area contributed by atoms with Crippen molar-refractivity contribution in [3.63, 3.8) is 0 Å². The molecule has 0 amide bonds. The molecule has 0 aliphatic carbocycles. The number of carbonyl (C=O) groups is 1. The Morgan fingerprint density at radius 1 is 0.533 bits per heavy atom. The van der Waals surface area contributed by atoms with Gasteiger partial charge in [0.05, 0.1) is 19.8 Å². The van der Waals surface area contributed by atoms with Crippen molar-refractivity contribution < 1.29 is 44.2 Å². The van der Waals surface area contributed by atoms with E-state index in [1.807, 2.05) is 0 Å². The van der Waals surface area contributed by atoms with Crippen molar-refractivity contribution in [3.05, 3.63) is 122 Å². The third kappa shape index (κ3) is 31.5. The minimum Gasteiger partial charge on any atom is -0.457 e. The average molecular weight is 837 g/mol. The van der Waals surface area contributed by atoms with E-state index in [9.17, 15) is 25.2 Å². The number of esters is 1. The van der Waals surface area contributed by atoms with Gasteiger partial charge in [0.15, 0.2) is 6.29 Å². The second kappa shape index (κ2) is 41.0. The van der Waals surface area contributed by atoms with Crippen molar-refractivity contribution in [2.24, 2.45) is 0 Å². The first-order valence-electron chi connectivity index (χ1n) is 22.6. The normalized spacial score (nSPS) is 21.2. The molecule has 1 heterocycles. The molecule has 1 aliphatic rings. The van der Waals surface area contributed by atoms with E-state index < -0.39 is 43.4 Å². The fourth-order valence-corrected chi connectivity index (χ4v) is 5.91. The Balaban J connectivity index is 2.33. The number of carbonyl (C=O) groups excluding carboxylic acids is 1. The summed E-state index contributed by atoms with van der Waals surface area (Å²) in [5.74, 6) is -0.363. The lowest BCUT2D eigenvalue weighted by atomic mass is 9.99. The Kier molecular flexibility index (Phi) is 37.3. The molecule has 1 fully saturated rings. The van der Waals surface area contributed by atoms with E-state index in [-0.39, 0.29) is 25.6 Å². The minimum atomic E-state index is -1.56. The van der Waals surface area contributed by atoms with E-state index in [0.717, 1.165) is 103 Å². The molecule has 4 N–H and O–H groups in total. The minimum absolute atomic E-state index is 0.0866. The SMILES string of the molecule is CC/C=C\C/C=C\C/C=C\C/C=C\C/C=C\C/C=C\CCCCCCC(=O)OC(COCCC/C=C\C/C=C\C/C=C\C/C=C\CC)COC1OC(CO)C(O)C(O)C1O. The summed E-state index contributed by atoms with van der Waals surface area (Å²) in [7, 11) is 0. The summed E-state index contributed by atoms with van der Waals surface area (Å²) in [4.78, 5) is 12.8. The highest BCUT2D eigenvalue weighted by Crippen LogP contribution is 2.22. The van der Waals surface area contributed by atoms with Crippen molar-refractivity contribution in [2.45, 2.75) is 166 Å². The van der Waals surface area contributed by atoms with E-state index in [1.54, 1.807) is 0 Å². The predicted octanol–water partition coefficient (Wildman–Crippen LogP) is 10.4. The highest BCUT2D eigenvalue weighted by atomic mass is 16.7. The van der Waals surface area contributed by atoms with Gasteiger partial charge in [0.2, 0.25) is 0 Å². The molecule has 6 atom stereocenters. The Labute approximate surface area is 363 Å². The monoisotopic (exact) mass is 837 g/mol. The van der Waals surface area contributed by atoms with E-state index in [4.69, 9.17) is 18.9 Å². The lowest BCUT2D eigenvalue weighted by molar-refractivity contribution is -0.305. The molecule has 0 saturated carbocycles. The predicted molar refractivity (Wildman–Crippen MR) is 246 cm³/mol. The molecule has 6 unspecified atom stereocenters. The summed E-state index contributed by atoms with van der Waals surface area (Å²) >= 11 is 0. The molecule has 0 bridgehead atoms. The van der Waals surface area contributed by atoms with Crippen LogP contribution in [-0.2, 0) is 23.7 Å². The first-order valence-corrected chi connectivity index (χ1v) is 22.6. The van der Waals surface area contributed by atoms with Gasteiger partial charge in [-0.1, -0.05) is 148 Å². The maximum Gasteiger partial charge on any atom is 0.306 e. The van der Waals surface area contributed by atoms with Gasteiger partial charge in [-0.2, -0.15) is 0 Å². The molecule has 338 valence electrons. The Morgan fingerprint density at radius 3 is 1.43 bits per heavy atom. The van der Waals surface area contributed by atoms with Crippen LogP contribution in [0.5, 0.6) is 0 Å². The molecule has 9 heteroatoms. The summed E-state index contributed by atoms with van der Waals surface area (Å²) in [6.45, 7) is 4.11. The first-order chi connectivity index (χ1) is 29.4. The lowest BCUT2D eigenvalue weighted by Crippen LogP contribution is -2.59. The number of aliphatic hydroxyl groups excluding tert-OH is 4. The second-order valence-corrected chi connectivity index (χ2v) is 14.7. The molecule has 1 aliphatic heterocycles. The number of hydrogen-bond donors (Lipinski definition) is 4. The van der Waals surface area contributed by atoms with Crippen LogP contribution < -0.4 is 0 Å². The van der Waals surface area contributed by atoms with Gasteiger partial charge in [-0.25, -0.2) is 0 Å². The fraction of sp³-hybridized carbons (Fsp3) is 0.588. The van der Waals surface area contributed by atoms with Gasteiger partial charge in [0, 0.05) is 13.0 Å². The van der Waals surface area contributed by atoms with E-state index >= 15 is 0 Å². The molecule has 0 radical (unpaired) electrons. The van der Waals surface area contributed by atoms with Crippen LogP contribution in [0.25, 0.3) is 0 Å².